The Bertz CT molecular complexity index is 83.0. The molecule has 54 valence electrons. The van der Waals surface area contributed by atoms with Crippen LogP contribution in [0.2, 0.25) is 0 Å². The Morgan fingerprint density at radius 3 is 2.44 bits per heavy atom. The van der Waals surface area contributed by atoms with Crippen LogP contribution in [-0.4, -0.2) is 39.9 Å². The van der Waals surface area contributed by atoms with Crippen LogP contribution in [0.25, 0.3) is 0 Å². The third-order valence-corrected chi connectivity index (χ3v) is 2.42. The molecule has 0 aromatic rings. The molecule has 0 spiro atoms. The number of hydrogen-bond acceptors (Lipinski definition) is 3. The molecule has 1 rings (SSSR count). The van der Waals surface area contributed by atoms with Gasteiger partial charge in [-0.05, 0) is 12.8 Å². The molecular formula is C5H13NO2Si. The summed E-state index contributed by atoms with van der Waals surface area (Å²) in [5.74, 6) is 0. The Balaban J connectivity index is 2.18. The van der Waals surface area contributed by atoms with E-state index in [-0.39, 0.29) is 0 Å². The van der Waals surface area contributed by atoms with E-state index in [0.717, 1.165) is 36.4 Å². The van der Waals surface area contributed by atoms with Gasteiger partial charge in [-0.3, -0.25) is 0 Å². The van der Waals surface area contributed by atoms with E-state index in [2.05, 4.69) is 0 Å². The van der Waals surface area contributed by atoms with Crippen molar-refractivity contribution in [2.45, 2.75) is 18.9 Å². The third-order valence-electron chi connectivity index (χ3n) is 1.75. The van der Waals surface area contributed by atoms with Crippen molar-refractivity contribution < 1.29 is 9.63 Å². The van der Waals surface area contributed by atoms with E-state index < -0.39 is 0 Å². The molecule has 0 atom stereocenters. The molecule has 0 saturated carbocycles. The molecule has 0 amide bonds. The van der Waals surface area contributed by atoms with Gasteiger partial charge < -0.3 is 9.63 Å². The van der Waals surface area contributed by atoms with E-state index in [1.165, 1.54) is 5.06 Å². The molecule has 9 heavy (non-hydrogen) atoms. The van der Waals surface area contributed by atoms with Crippen molar-refractivity contribution in [1.82, 2.24) is 5.06 Å². The van der Waals surface area contributed by atoms with Gasteiger partial charge in [0, 0.05) is 19.2 Å². The summed E-state index contributed by atoms with van der Waals surface area (Å²) in [4.78, 5) is 0. The summed E-state index contributed by atoms with van der Waals surface area (Å²) < 4.78 is 5.24. The van der Waals surface area contributed by atoms with E-state index in [1.54, 1.807) is 0 Å². The van der Waals surface area contributed by atoms with Crippen LogP contribution in [0.15, 0.2) is 0 Å². The van der Waals surface area contributed by atoms with Gasteiger partial charge in [0.15, 0.2) is 0 Å². The number of hydrogen-bond donors (Lipinski definition) is 1. The quantitative estimate of drug-likeness (QED) is 0.490. The fraction of sp³-hybridized carbons (Fsp3) is 1.00. The van der Waals surface area contributed by atoms with Gasteiger partial charge in [-0.2, -0.15) is 5.06 Å². The first-order valence-corrected chi connectivity index (χ1v) is 4.11. The molecule has 4 heteroatoms. The topological polar surface area (TPSA) is 32.7 Å². The molecule has 0 aromatic heterocycles. The van der Waals surface area contributed by atoms with E-state index in [9.17, 15) is 0 Å². The fourth-order valence-electron chi connectivity index (χ4n) is 1.08. The lowest BCUT2D eigenvalue weighted by atomic mass is 10.1. The largest absolute Gasteiger partial charge is 0.425 e. The molecule has 1 fully saturated rings. The molecule has 0 aromatic carbocycles. The van der Waals surface area contributed by atoms with Gasteiger partial charge in [0.2, 0.25) is 0 Å². The highest BCUT2D eigenvalue weighted by molar-refractivity contribution is 5.98. The summed E-state index contributed by atoms with van der Waals surface area (Å²) in [6, 6.07) is 0. The predicted molar refractivity (Wildman–Crippen MR) is 37.4 cm³/mol. The second-order valence-corrected chi connectivity index (χ2v) is 2.86. The van der Waals surface area contributed by atoms with Gasteiger partial charge in [0.05, 0.1) is 0 Å². The zero-order valence-corrected chi connectivity index (χ0v) is 7.71. The first-order valence-electron chi connectivity index (χ1n) is 3.29. The molecule has 1 aliphatic heterocycles. The molecule has 0 aliphatic carbocycles. The normalized spacial score (nSPS) is 25.0. The molecule has 0 unspecified atom stereocenters. The third kappa shape index (κ3) is 2.06. The number of hydroxylamine groups is 2. The van der Waals surface area contributed by atoms with Crippen LogP contribution in [0.4, 0.5) is 0 Å². The van der Waals surface area contributed by atoms with Crippen LogP contribution in [0.5, 0.6) is 0 Å². The highest BCUT2D eigenvalue weighted by Crippen LogP contribution is 2.09. The Morgan fingerprint density at radius 2 is 2.00 bits per heavy atom. The van der Waals surface area contributed by atoms with Crippen LogP contribution >= 0.6 is 0 Å². The molecular weight excluding hydrogens is 134 g/mol. The number of rotatable bonds is 1. The van der Waals surface area contributed by atoms with Crippen LogP contribution in [-0.2, 0) is 4.43 Å². The zero-order chi connectivity index (χ0) is 6.69. The Morgan fingerprint density at radius 1 is 1.44 bits per heavy atom. The monoisotopic (exact) mass is 147 g/mol. The Hall–Kier alpha value is 0.0969. The molecule has 1 N–H and O–H groups in total. The van der Waals surface area contributed by atoms with E-state index >= 15 is 0 Å². The van der Waals surface area contributed by atoms with Crippen molar-refractivity contribution in [2.75, 3.05) is 13.1 Å². The highest BCUT2D eigenvalue weighted by Gasteiger charge is 2.15. The van der Waals surface area contributed by atoms with Gasteiger partial charge in [-0.15, -0.1) is 0 Å². The fourth-order valence-corrected chi connectivity index (χ4v) is 1.55. The maximum absolute atomic E-state index is 8.91. The van der Waals surface area contributed by atoms with Crippen LogP contribution in [0.3, 0.4) is 0 Å². The van der Waals surface area contributed by atoms with Crippen LogP contribution < -0.4 is 0 Å². The smallest absolute Gasteiger partial charge is 0.146 e. The second-order valence-electron chi connectivity index (χ2n) is 2.39. The first-order chi connectivity index (χ1) is 4.33. The molecule has 1 heterocycles. The summed E-state index contributed by atoms with van der Waals surface area (Å²) in [7, 11) is 0.823. The van der Waals surface area contributed by atoms with E-state index in [4.69, 9.17) is 9.63 Å². The number of nitrogens with zero attached hydrogens (tertiary/aromatic N) is 1. The van der Waals surface area contributed by atoms with Gasteiger partial charge in [0.25, 0.3) is 0 Å². The summed E-state index contributed by atoms with van der Waals surface area (Å²) in [6.07, 6.45) is 2.40. The first kappa shape index (κ1) is 7.21. The van der Waals surface area contributed by atoms with Gasteiger partial charge in [-0.1, -0.05) is 0 Å². The van der Waals surface area contributed by atoms with Gasteiger partial charge in [-0.25, -0.2) is 0 Å². The lowest BCUT2D eigenvalue weighted by Gasteiger charge is -2.26. The standard InChI is InChI=1S/C5H13NO2Si/c7-6-3-1-5(8-9)2-4-6/h5,7H,1-4H2,9H3. The summed E-state index contributed by atoms with van der Waals surface area (Å²) in [5.41, 5.74) is 0. The summed E-state index contributed by atoms with van der Waals surface area (Å²) in [6.45, 7) is 1.54. The number of piperidine rings is 1. The lowest BCUT2D eigenvalue weighted by molar-refractivity contribution is -0.118. The van der Waals surface area contributed by atoms with Crippen LogP contribution in [0, 0.1) is 0 Å². The van der Waals surface area contributed by atoms with Crippen molar-refractivity contribution in [3.8, 4) is 0 Å². The van der Waals surface area contributed by atoms with Crippen molar-refractivity contribution in [2.24, 2.45) is 0 Å². The molecule has 1 saturated heterocycles. The van der Waals surface area contributed by atoms with Crippen molar-refractivity contribution in [1.29, 1.82) is 0 Å². The second kappa shape index (κ2) is 3.31. The molecule has 3 nitrogen and oxygen atoms in total. The molecule has 0 bridgehead atoms. The lowest BCUT2D eigenvalue weighted by Crippen LogP contribution is -2.34. The minimum Gasteiger partial charge on any atom is -0.425 e. The molecule has 0 radical (unpaired) electrons. The predicted octanol–water partition coefficient (Wildman–Crippen LogP) is -0.863. The van der Waals surface area contributed by atoms with Crippen molar-refractivity contribution >= 4 is 10.5 Å². The van der Waals surface area contributed by atoms with E-state index in [1.807, 2.05) is 0 Å². The Kier molecular flexibility index (Phi) is 2.65. The van der Waals surface area contributed by atoms with E-state index in [0.29, 0.717) is 6.10 Å². The maximum Gasteiger partial charge on any atom is 0.146 e. The summed E-state index contributed by atoms with van der Waals surface area (Å²) in [5, 5.41) is 10.3. The Labute approximate surface area is 58.1 Å². The summed E-state index contributed by atoms with van der Waals surface area (Å²) >= 11 is 0. The average Bonchev–Trinajstić information content (AvgIpc) is 1.90. The molecule has 1 aliphatic rings. The van der Waals surface area contributed by atoms with Crippen molar-refractivity contribution in [3.63, 3.8) is 0 Å². The SMILES string of the molecule is ON1CCC(O[SiH3])CC1. The zero-order valence-electron chi connectivity index (χ0n) is 5.71. The van der Waals surface area contributed by atoms with Crippen molar-refractivity contribution in [3.05, 3.63) is 0 Å². The maximum atomic E-state index is 8.91. The minimum absolute atomic E-state index is 0.431. The van der Waals surface area contributed by atoms with Crippen LogP contribution in [0.1, 0.15) is 12.8 Å². The van der Waals surface area contributed by atoms with Gasteiger partial charge in [0.1, 0.15) is 10.5 Å². The average molecular weight is 147 g/mol. The highest BCUT2D eigenvalue weighted by atomic mass is 28.2. The van der Waals surface area contributed by atoms with Gasteiger partial charge >= 0.3 is 0 Å². The minimum atomic E-state index is 0.431.